The molecule has 0 N–H and O–H groups in total. The van der Waals surface area contributed by atoms with E-state index in [4.69, 9.17) is 11.6 Å². The Balaban J connectivity index is 2.63. The average Bonchev–Trinajstić information content (AvgIpc) is 2.20. The van der Waals surface area contributed by atoms with Crippen LogP contribution in [0.15, 0.2) is 24.3 Å². The van der Waals surface area contributed by atoms with E-state index in [2.05, 4.69) is 9.97 Å². The maximum absolute atomic E-state index is 13.4. The van der Waals surface area contributed by atoms with E-state index in [0.29, 0.717) is 22.2 Å². The van der Waals surface area contributed by atoms with Crippen LogP contribution in [0.1, 0.15) is 11.4 Å². The molecule has 0 unspecified atom stereocenters. The average molecular weight is 237 g/mol. The van der Waals surface area contributed by atoms with Crippen molar-refractivity contribution < 1.29 is 4.39 Å². The summed E-state index contributed by atoms with van der Waals surface area (Å²) in [6, 6.07) is 6.53. The molecule has 1 heterocycles. The lowest BCUT2D eigenvalue weighted by atomic mass is 10.1. The molecule has 4 heteroatoms. The molecule has 0 aliphatic rings. The molecular formula is C12H10ClFN2. The second-order valence-corrected chi connectivity index (χ2v) is 3.92. The Bertz CT molecular complexity index is 520. The highest BCUT2D eigenvalue weighted by Gasteiger charge is 2.08. The number of rotatable bonds is 1. The Kier molecular flexibility index (Phi) is 2.88. The normalized spacial score (nSPS) is 10.5. The number of aryl methyl sites for hydroxylation is 1. The molecule has 0 spiro atoms. The van der Waals surface area contributed by atoms with E-state index in [1.165, 1.54) is 6.07 Å². The number of aromatic nitrogens is 2. The van der Waals surface area contributed by atoms with Crippen LogP contribution in [0.5, 0.6) is 0 Å². The van der Waals surface area contributed by atoms with Crippen molar-refractivity contribution in [2.45, 2.75) is 13.8 Å². The van der Waals surface area contributed by atoms with Crippen molar-refractivity contribution in [2.75, 3.05) is 0 Å². The zero-order valence-corrected chi connectivity index (χ0v) is 9.72. The summed E-state index contributed by atoms with van der Waals surface area (Å²) in [5.41, 5.74) is 1.96. The summed E-state index contributed by atoms with van der Waals surface area (Å²) in [6.45, 7) is 3.47. The van der Waals surface area contributed by atoms with Crippen LogP contribution < -0.4 is 0 Å². The number of hydrogen-bond acceptors (Lipinski definition) is 2. The molecule has 82 valence electrons. The fourth-order valence-corrected chi connectivity index (χ4v) is 1.78. The first kappa shape index (κ1) is 11.0. The van der Waals surface area contributed by atoms with Gasteiger partial charge in [-0.2, -0.15) is 0 Å². The second-order valence-electron chi connectivity index (χ2n) is 3.54. The van der Waals surface area contributed by atoms with E-state index >= 15 is 0 Å². The van der Waals surface area contributed by atoms with Crippen LogP contribution in [-0.4, -0.2) is 9.97 Å². The zero-order chi connectivity index (χ0) is 11.7. The minimum atomic E-state index is -0.245. The van der Waals surface area contributed by atoms with Crippen molar-refractivity contribution >= 4 is 11.6 Å². The maximum Gasteiger partial charge on any atom is 0.133 e. The van der Waals surface area contributed by atoms with Crippen LogP contribution in [-0.2, 0) is 0 Å². The van der Waals surface area contributed by atoms with Crippen LogP contribution in [0.4, 0.5) is 4.39 Å². The lowest BCUT2D eigenvalue weighted by Gasteiger charge is -2.06. The Labute approximate surface area is 98.1 Å². The molecule has 0 amide bonds. The lowest BCUT2D eigenvalue weighted by molar-refractivity contribution is 0.619. The van der Waals surface area contributed by atoms with Crippen LogP contribution in [0.25, 0.3) is 11.3 Å². The summed E-state index contributed by atoms with van der Waals surface area (Å²) < 4.78 is 13.4. The largest absolute Gasteiger partial charge is 0.233 e. The van der Waals surface area contributed by atoms with Gasteiger partial charge in [0.2, 0.25) is 0 Å². The van der Waals surface area contributed by atoms with Gasteiger partial charge in [-0.05, 0) is 25.5 Å². The van der Waals surface area contributed by atoms with Gasteiger partial charge in [0.1, 0.15) is 16.8 Å². The van der Waals surface area contributed by atoms with E-state index < -0.39 is 0 Å². The third-order valence-electron chi connectivity index (χ3n) is 2.35. The van der Waals surface area contributed by atoms with Gasteiger partial charge in [0.15, 0.2) is 0 Å². The van der Waals surface area contributed by atoms with Gasteiger partial charge in [-0.25, -0.2) is 14.4 Å². The fraction of sp³-hybridized carbons (Fsp3) is 0.167. The van der Waals surface area contributed by atoms with Crippen molar-refractivity contribution in [1.29, 1.82) is 0 Å². The smallest absolute Gasteiger partial charge is 0.133 e. The third-order valence-corrected chi connectivity index (χ3v) is 2.54. The van der Waals surface area contributed by atoms with E-state index in [9.17, 15) is 4.39 Å². The summed E-state index contributed by atoms with van der Waals surface area (Å²) in [5.74, 6) is 0.330. The molecule has 1 aromatic heterocycles. The SMILES string of the molecule is Cc1nc(Cl)cc(-c2cccc(F)c2C)n1. The monoisotopic (exact) mass is 236 g/mol. The molecule has 2 nitrogen and oxygen atoms in total. The van der Waals surface area contributed by atoms with E-state index in [-0.39, 0.29) is 5.82 Å². The Morgan fingerprint density at radius 3 is 2.62 bits per heavy atom. The highest BCUT2D eigenvalue weighted by molar-refractivity contribution is 6.29. The molecule has 2 rings (SSSR count). The Morgan fingerprint density at radius 1 is 1.19 bits per heavy atom. The first-order chi connectivity index (χ1) is 7.58. The second kappa shape index (κ2) is 4.18. The standard InChI is InChI=1S/C12H10ClFN2/c1-7-9(4-3-5-10(7)14)11-6-12(13)16-8(2)15-11/h3-6H,1-2H3. The fourth-order valence-electron chi connectivity index (χ4n) is 1.55. The summed E-state index contributed by atoms with van der Waals surface area (Å²) in [6.07, 6.45) is 0. The van der Waals surface area contributed by atoms with Crippen LogP contribution in [0.3, 0.4) is 0 Å². The number of halogens is 2. The number of hydrogen-bond donors (Lipinski definition) is 0. The Morgan fingerprint density at radius 2 is 1.94 bits per heavy atom. The van der Waals surface area contributed by atoms with Crippen LogP contribution >= 0.6 is 11.6 Å². The molecule has 0 aliphatic carbocycles. The maximum atomic E-state index is 13.4. The van der Waals surface area contributed by atoms with Gasteiger partial charge in [0, 0.05) is 11.6 Å². The van der Waals surface area contributed by atoms with Gasteiger partial charge in [-0.3, -0.25) is 0 Å². The molecule has 0 fully saturated rings. The van der Waals surface area contributed by atoms with Gasteiger partial charge in [0.25, 0.3) is 0 Å². The molecule has 0 aliphatic heterocycles. The van der Waals surface area contributed by atoms with Crippen molar-refractivity contribution in [2.24, 2.45) is 0 Å². The van der Waals surface area contributed by atoms with Crippen molar-refractivity contribution in [1.82, 2.24) is 9.97 Å². The van der Waals surface area contributed by atoms with Crippen LogP contribution in [0.2, 0.25) is 5.15 Å². The molecule has 0 bridgehead atoms. The van der Waals surface area contributed by atoms with Gasteiger partial charge in [-0.1, -0.05) is 23.7 Å². The van der Waals surface area contributed by atoms with Crippen molar-refractivity contribution in [3.63, 3.8) is 0 Å². The Hall–Kier alpha value is -1.48. The minimum absolute atomic E-state index is 0.245. The predicted octanol–water partition coefficient (Wildman–Crippen LogP) is 3.55. The molecule has 0 atom stereocenters. The summed E-state index contributed by atoms with van der Waals surface area (Å²) in [7, 11) is 0. The van der Waals surface area contributed by atoms with Crippen molar-refractivity contribution in [3.05, 3.63) is 46.6 Å². The summed E-state index contributed by atoms with van der Waals surface area (Å²) >= 11 is 5.85. The highest BCUT2D eigenvalue weighted by Crippen LogP contribution is 2.24. The number of benzene rings is 1. The summed E-state index contributed by atoms with van der Waals surface area (Å²) in [5, 5.41) is 0.367. The molecule has 16 heavy (non-hydrogen) atoms. The van der Waals surface area contributed by atoms with E-state index in [1.54, 1.807) is 26.0 Å². The zero-order valence-electron chi connectivity index (χ0n) is 8.96. The van der Waals surface area contributed by atoms with Gasteiger partial charge in [-0.15, -0.1) is 0 Å². The molecule has 0 saturated carbocycles. The molecule has 0 saturated heterocycles. The predicted molar refractivity (Wildman–Crippen MR) is 61.9 cm³/mol. The molecule has 0 radical (unpaired) electrons. The van der Waals surface area contributed by atoms with Gasteiger partial charge >= 0.3 is 0 Å². The van der Waals surface area contributed by atoms with Gasteiger partial charge in [0.05, 0.1) is 5.69 Å². The highest BCUT2D eigenvalue weighted by atomic mass is 35.5. The first-order valence-corrected chi connectivity index (χ1v) is 5.22. The quantitative estimate of drug-likeness (QED) is 0.708. The molecular weight excluding hydrogens is 227 g/mol. The van der Waals surface area contributed by atoms with E-state index in [0.717, 1.165) is 5.56 Å². The lowest BCUT2D eigenvalue weighted by Crippen LogP contribution is -1.94. The topological polar surface area (TPSA) is 25.8 Å². The number of nitrogens with zero attached hydrogens (tertiary/aromatic N) is 2. The molecule has 1 aromatic carbocycles. The summed E-state index contributed by atoms with van der Waals surface area (Å²) in [4.78, 5) is 8.22. The third kappa shape index (κ3) is 2.04. The van der Waals surface area contributed by atoms with Crippen LogP contribution in [0, 0.1) is 19.7 Å². The first-order valence-electron chi connectivity index (χ1n) is 4.84. The van der Waals surface area contributed by atoms with Crippen molar-refractivity contribution in [3.8, 4) is 11.3 Å². The van der Waals surface area contributed by atoms with Gasteiger partial charge < -0.3 is 0 Å². The molecule has 2 aromatic rings. The van der Waals surface area contributed by atoms with E-state index in [1.807, 2.05) is 6.07 Å². The minimum Gasteiger partial charge on any atom is -0.233 e.